The van der Waals surface area contributed by atoms with E-state index < -0.39 is 60.3 Å². The number of barbiturate groups is 1. The quantitative estimate of drug-likeness (QED) is 0.116. The Balaban J connectivity index is 1.48. The van der Waals surface area contributed by atoms with Crippen LogP contribution in [0.3, 0.4) is 0 Å². The zero-order valence-electron chi connectivity index (χ0n) is 25.8. The molecule has 7 amide bonds. The van der Waals surface area contributed by atoms with E-state index in [2.05, 4.69) is 25.7 Å². The van der Waals surface area contributed by atoms with Gasteiger partial charge in [-0.2, -0.15) is 5.26 Å². The van der Waals surface area contributed by atoms with Crippen LogP contribution in [0.1, 0.15) is 64.7 Å². The van der Waals surface area contributed by atoms with Gasteiger partial charge in [0, 0.05) is 33.8 Å². The van der Waals surface area contributed by atoms with Crippen molar-refractivity contribution in [2.45, 2.75) is 102 Å². The van der Waals surface area contributed by atoms with Crippen molar-refractivity contribution in [3.63, 3.8) is 0 Å². The molecule has 0 unspecified atom stereocenters. The molecule has 43 heavy (non-hydrogen) atoms. The Hall–Kier alpha value is -3.44. The van der Waals surface area contributed by atoms with Gasteiger partial charge in [-0.15, -0.1) is 0 Å². The molecule has 2 heterocycles. The van der Waals surface area contributed by atoms with Crippen LogP contribution in [0.5, 0.6) is 0 Å². The van der Waals surface area contributed by atoms with Gasteiger partial charge in [0.1, 0.15) is 23.7 Å². The van der Waals surface area contributed by atoms with Crippen molar-refractivity contribution in [2.75, 3.05) is 26.4 Å². The molecule has 0 atom stereocenters. The van der Waals surface area contributed by atoms with Crippen LogP contribution in [0, 0.1) is 16.7 Å². The number of amides is 7. The Labute approximate surface area is 254 Å². The number of nitrogens with two attached hydrogens (primary N) is 2. The zero-order chi connectivity index (χ0) is 31.7. The van der Waals surface area contributed by atoms with Crippen LogP contribution in [0.25, 0.3) is 0 Å². The minimum atomic E-state index is -1.34. The van der Waals surface area contributed by atoms with Crippen molar-refractivity contribution in [2.24, 2.45) is 16.9 Å². The maximum Gasteiger partial charge on any atom is 0.334 e. The number of carbonyl (C=O) groups excluding carboxylic acids is 5. The van der Waals surface area contributed by atoms with Gasteiger partial charge in [-0.1, -0.05) is 33.0 Å². The molecule has 13 nitrogen and oxygen atoms in total. The Morgan fingerprint density at radius 3 is 2.16 bits per heavy atom. The van der Waals surface area contributed by atoms with Gasteiger partial charge >= 0.3 is 12.1 Å². The average molecular weight is 616 g/mol. The second-order valence-electron chi connectivity index (χ2n) is 13.6. The second-order valence-corrected chi connectivity index (χ2v) is 19.2. The Morgan fingerprint density at radius 2 is 1.65 bits per heavy atom. The minimum Gasteiger partial charge on any atom is -0.385 e. The van der Waals surface area contributed by atoms with E-state index in [0.717, 1.165) is 28.7 Å². The minimum absolute atomic E-state index is 0.0795. The summed E-state index contributed by atoms with van der Waals surface area (Å²) in [6, 6.07) is 1.61. The number of ether oxygens (including phenoxy) is 1. The molecular formula is C29H45N7O6Si. The van der Waals surface area contributed by atoms with Crippen LogP contribution in [0.2, 0.25) is 25.7 Å². The van der Waals surface area contributed by atoms with E-state index >= 15 is 0 Å². The van der Waals surface area contributed by atoms with E-state index in [9.17, 15) is 29.2 Å². The molecule has 4 fully saturated rings. The summed E-state index contributed by atoms with van der Waals surface area (Å²) in [5.41, 5.74) is 9.08. The van der Waals surface area contributed by atoms with E-state index in [1.807, 2.05) is 6.92 Å². The lowest BCUT2D eigenvalue weighted by Crippen LogP contribution is -2.61. The highest BCUT2D eigenvalue weighted by Crippen LogP contribution is 2.48. The highest BCUT2D eigenvalue weighted by Gasteiger charge is 2.62. The summed E-state index contributed by atoms with van der Waals surface area (Å²) in [6.07, 6.45) is 4.38. The summed E-state index contributed by atoms with van der Waals surface area (Å²) in [5, 5.41) is 10.4. The first-order chi connectivity index (χ1) is 20.2. The average Bonchev–Trinajstić information content (AvgIpc) is 3.12. The first-order valence-electron chi connectivity index (χ1n) is 15.3. The predicted molar refractivity (Wildman–Crippen MR) is 159 cm³/mol. The fourth-order valence-corrected chi connectivity index (χ4v) is 7.16. The fraction of sp³-hybridized carbons (Fsp3) is 0.724. The summed E-state index contributed by atoms with van der Waals surface area (Å²) >= 11 is 0. The lowest BCUT2D eigenvalue weighted by Gasteiger charge is -2.47. The van der Waals surface area contributed by atoms with E-state index in [1.165, 1.54) is 4.90 Å². The third kappa shape index (κ3) is 6.01. The van der Waals surface area contributed by atoms with Crippen molar-refractivity contribution >= 4 is 37.9 Å². The maximum absolute atomic E-state index is 13.6. The molecule has 4 rings (SSSR count). The van der Waals surface area contributed by atoms with Gasteiger partial charge in [-0.3, -0.25) is 24.2 Å². The van der Waals surface area contributed by atoms with Gasteiger partial charge in [-0.05, 0) is 57.4 Å². The molecule has 2 saturated carbocycles. The molecule has 2 aliphatic carbocycles. The summed E-state index contributed by atoms with van der Waals surface area (Å²) < 4.78 is 5.76. The summed E-state index contributed by atoms with van der Waals surface area (Å²) in [6.45, 7) is 9.20. The predicted octanol–water partition coefficient (Wildman–Crippen LogP) is 2.66. The van der Waals surface area contributed by atoms with E-state index in [-0.39, 0.29) is 25.7 Å². The molecule has 0 radical (unpaired) electrons. The maximum atomic E-state index is 13.6. The van der Waals surface area contributed by atoms with Crippen molar-refractivity contribution < 1.29 is 28.7 Å². The lowest BCUT2D eigenvalue weighted by molar-refractivity contribution is -0.141. The number of rotatable bonds is 11. The number of unbranched alkanes of at least 4 members (excludes halogenated alkanes) is 1. The number of nitriles is 1. The van der Waals surface area contributed by atoms with Gasteiger partial charge in [0.2, 0.25) is 0 Å². The number of urea groups is 2. The fourth-order valence-electron chi connectivity index (χ4n) is 6.40. The topological polar surface area (TPSA) is 183 Å². The normalized spacial score (nSPS) is 26.0. The van der Waals surface area contributed by atoms with E-state index in [0.29, 0.717) is 51.6 Å². The monoisotopic (exact) mass is 615 g/mol. The van der Waals surface area contributed by atoms with Crippen LogP contribution in [-0.2, 0) is 19.1 Å². The highest BCUT2D eigenvalue weighted by atomic mass is 28.3. The molecule has 236 valence electrons. The summed E-state index contributed by atoms with van der Waals surface area (Å²) in [4.78, 5) is 71.4. The third-order valence-corrected chi connectivity index (χ3v) is 11.1. The number of carbonyl (C=O) groups is 5. The van der Waals surface area contributed by atoms with Crippen LogP contribution < -0.4 is 11.5 Å². The van der Waals surface area contributed by atoms with Gasteiger partial charge in [0.15, 0.2) is 0 Å². The van der Waals surface area contributed by atoms with Crippen molar-refractivity contribution in [1.82, 2.24) is 19.6 Å². The zero-order valence-corrected chi connectivity index (χ0v) is 26.8. The molecule has 4 N–H and O–H groups in total. The third-order valence-electron chi connectivity index (χ3n) is 9.35. The van der Waals surface area contributed by atoms with Gasteiger partial charge < -0.3 is 21.1 Å². The largest absolute Gasteiger partial charge is 0.385 e. The molecule has 14 heteroatoms. The highest BCUT2D eigenvalue weighted by molar-refractivity contribution is 6.76. The number of imide groups is 3. The molecule has 1 spiro atoms. The first kappa shape index (κ1) is 32.5. The Kier molecular flexibility index (Phi) is 9.27. The van der Waals surface area contributed by atoms with Crippen LogP contribution >= 0.6 is 0 Å². The standard InChI is InChI=1S/C29H45N7O6Si/c1-5-6-14-33-23(37)21(22(31)32)24(38)36(27(33)41)20-8-12-28(17-30,13-9-20)18-35-26(40)34(19-42-15-16-43(2,3)4)25(39)29(35)10-7-11-29/h20H,5-16,18-19,31-32H2,1-4H3. The number of hydrogen-bond acceptors (Lipinski definition) is 9. The smallest absolute Gasteiger partial charge is 0.334 e. The summed E-state index contributed by atoms with van der Waals surface area (Å²) in [5.74, 6) is -2.32. The second kappa shape index (κ2) is 12.3. The molecule has 2 aliphatic heterocycles. The van der Waals surface area contributed by atoms with Crippen LogP contribution in [0.15, 0.2) is 11.4 Å². The van der Waals surface area contributed by atoms with Gasteiger partial charge in [0.25, 0.3) is 17.7 Å². The lowest BCUT2D eigenvalue weighted by atomic mass is 9.70. The molecule has 0 aromatic heterocycles. The molecule has 0 aromatic rings. The Bertz CT molecular complexity index is 1240. The number of nitrogens with zero attached hydrogens (tertiary/aromatic N) is 5. The molecule has 0 aromatic carbocycles. The van der Waals surface area contributed by atoms with Crippen molar-refractivity contribution in [1.29, 1.82) is 5.26 Å². The van der Waals surface area contributed by atoms with Crippen molar-refractivity contribution in [3.8, 4) is 6.07 Å². The van der Waals surface area contributed by atoms with Crippen molar-refractivity contribution in [3.05, 3.63) is 11.4 Å². The summed E-state index contributed by atoms with van der Waals surface area (Å²) in [7, 11) is -1.34. The van der Waals surface area contributed by atoms with Gasteiger partial charge in [0.05, 0.1) is 11.5 Å². The van der Waals surface area contributed by atoms with Gasteiger partial charge in [-0.25, -0.2) is 14.5 Å². The van der Waals surface area contributed by atoms with Crippen LogP contribution in [0.4, 0.5) is 9.59 Å². The number of hydrogen-bond donors (Lipinski definition) is 2. The SMILES string of the molecule is CCCCN1C(=O)C(=C(N)N)C(=O)N(C2CCC(C#N)(CN3C(=O)N(COCC[Si](C)(C)C)C(=O)C34CCC4)CC2)C1=O. The van der Waals surface area contributed by atoms with Crippen LogP contribution in [-0.4, -0.2) is 95.5 Å². The molecule has 2 saturated heterocycles. The Morgan fingerprint density at radius 1 is 1.00 bits per heavy atom. The van der Waals surface area contributed by atoms with E-state index in [1.54, 1.807) is 4.90 Å². The van der Waals surface area contributed by atoms with E-state index in [4.69, 9.17) is 16.2 Å². The first-order valence-corrected chi connectivity index (χ1v) is 19.0. The molecule has 0 bridgehead atoms. The molecule has 4 aliphatic rings. The molecular weight excluding hydrogens is 570 g/mol.